The molecule has 132 valence electrons. The van der Waals surface area contributed by atoms with Gasteiger partial charge in [0.15, 0.2) is 6.54 Å². The minimum Gasteiger partial charge on any atom is -0.462 e. The molecule has 1 atom stereocenters. The lowest BCUT2D eigenvalue weighted by molar-refractivity contribution is -0.682. The number of quaternary nitrogens is 1. The fraction of sp³-hybridized carbons (Fsp3) is 0.263. The van der Waals surface area contributed by atoms with E-state index in [0.29, 0.717) is 22.9 Å². The van der Waals surface area contributed by atoms with Gasteiger partial charge in [0.1, 0.15) is 6.04 Å². The van der Waals surface area contributed by atoms with E-state index in [0.717, 1.165) is 5.56 Å². The summed E-state index contributed by atoms with van der Waals surface area (Å²) >= 11 is 6.17. The molecule has 0 saturated heterocycles. The monoisotopic (exact) mass is 361 g/mol. The number of esters is 1. The molecule has 1 amide bonds. The number of carbonyl (C=O) groups is 2. The predicted octanol–water partition coefficient (Wildman–Crippen LogP) is 2.78. The molecule has 2 aromatic carbocycles. The summed E-state index contributed by atoms with van der Waals surface area (Å²) in [6.07, 6.45) is 0. The molecule has 0 saturated carbocycles. The molecule has 0 radical (unpaired) electrons. The molecule has 0 aliphatic carbocycles. The van der Waals surface area contributed by atoms with E-state index in [1.807, 2.05) is 36.5 Å². The second-order valence-electron chi connectivity index (χ2n) is 5.60. The van der Waals surface area contributed by atoms with E-state index in [-0.39, 0.29) is 24.5 Å². The third-order valence-electron chi connectivity index (χ3n) is 3.73. The Bertz CT molecular complexity index is 732. The molecule has 2 aromatic rings. The van der Waals surface area contributed by atoms with Gasteiger partial charge in [0.05, 0.1) is 12.2 Å². The smallest absolute Gasteiger partial charge is 0.338 e. The van der Waals surface area contributed by atoms with Gasteiger partial charge >= 0.3 is 5.97 Å². The van der Waals surface area contributed by atoms with E-state index >= 15 is 0 Å². The van der Waals surface area contributed by atoms with Crippen molar-refractivity contribution in [2.75, 3.05) is 18.5 Å². The number of hydrogen-bond donors (Lipinski definition) is 2. The fourth-order valence-electron chi connectivity index (χ4n) is 2.37. The number of amides is 1. The molecule has 3 N–H and O–H groups in total. The van der Waals surface area contributed by atoms with Gasteiger partial charge < -0.3 is 15.4 Å². The van der Waals surface area contributed by atoms with Crippen molar-refractivity contribution in [2.45, 2.75) is 19.9 Å². The summed E-state index contributed by atoms with van der Waals surface area (Å²) < 4.78 is 4.92. The van der Waals surface area contributed by atoms with Gasteiger partial charge in [-0.3, -0.25) is 4.79 Å². The third-order valence-corrected chi connectivity index (χ3v) is 4.08. The maximum Gasteiger partial charge on any atom is 0.338 e. The first kappa shape index (κ1) is 19.0. The normalized spacial score (nSPS) is 11.6. The molecule has 5 nitrogen and oxygen atoms in total. The van der Waals surface area contributed by atoms with Crippen LogP contribution in [0.4, 0.5) is 5.69 Å². The lowest BCUT2D eigenvalue weighted by Crippen LogP contribution is -2.86. The van der Waals surface area contributed by atoms with E-state index in [1.165, 1.54) is 0 Å². The van der Waals surface area contributed by atoms with Crippen molar-refractivity contribution >= 4 is 29.2 Å². The Morgan fingerprint density at radius 3 is 2.48 bits per heavy atom. The van der Waals surface area contributed by atoms with Gasteiger partial charge in [0, 0.05) is 16.3 Å². The highest BCUT2D eigenvalue weighted by Crippen LogP contribution is 2.19. The number of hydrogen-bond acceptors (Lipinski definition) is 3. The summed E-state index contributed by atoms with van der Waals surface area (Å²) in [5, 5.41) is 5.42. The molecular weight excluding hydrogens is 340 g/mol. The van der Waals surface area contributed by atoms with Crippen molar-refractivity contribution in [3.8, 4) is 0 Å². The van der Waals surface area contributed by atoms with Gasteiger partial charge in [-0.2, -0.15) is 0 Å². The largest absolute Gasteiger partial charge is 0.462 e. The van der Waals surface area contributed by atoms with Crippen molar-refractivity contribution in [3.05, 3.63) is 64.7 Å². The lowest BCUT2D eigenvalue weighted by atomic mass is 10.1. The Morgan fingerprint density at radius 2 is 1.84 bits per heavy atom. The maximum atomic E-state index is 12.1. The second-order valence-corrected chi connectivity index (χ2v) is 6.00. The quantitative estimate of drug-likeness (QED) is 0.745. The lowest BCUT2D eigenvalue weighted by Gasteiger charge is -2.12. The average molecular weight is 362 g/mol. The Morgan fingerprint density at radius 1 is 1.16 bits per heavy atom. The van der Waals surface area contributed by atoms with Crippen molar-refractivity contribution in [1.82, 2.24) is 0 Å². The van der Waals surface area contributed by atoms with Crippen LogP contribution in [0.3, 0.4) is 0 Å². The Balaban J connectivity index is 1.86. The zero-order chi connectivity index (χ0) is 18.2. The van der Waals surface area contributed by atoms with Crippen LogP contribution in [0, 0.1) is 0 Å². The van der Waals surface area contributed by atoms with Gasteiger partial charge in [-0.15, -0.1) is 0 Å². The molecule has 0 aromatic heterocycles. The van der Waals surface area contributed by atoms with Crippen LogP contribution in [0.5, 0.6) is 0 Å². The summed E-state index contributed by atoms with van der Waals surface area (Å²) in [5.74, 6) is -0.495. The Kier molecular flexibility index (Phi) is 6.98. The van der Waals surface area contributed by atoms with Gasteiger partial charge in [0.25, 0.3) is 5.91 Å². The summed E-state index contributed by atoms with van der Waals surface area (Å²) in [4.78, 5) is 23.7. The van der Waals surface area contributed by atoms with Crippen LogP contribution >= 0.6 is 11.6 Å². The number of nitrogens with one attached hydrogen (secondary N) is 1. The van der Waals surface area contributed by atoms with Crippen LogP contribution in [0.25, 0.3) is 0 Å². The zero-order valence-corrected chi connectivity index (χ0v) is 15.0. The molecule has 0 spiro atoms. The minimum atomic E-state index is -0.373. The van der Waals surface area contributed by atoms with Crippen LogP contribution in [0.15, 0.2) is 48.5 Å². The molecular formula is C19H22ClN2O3+. The molecule has 0 aliphatic rings. The number of carbonyl (C=O) groups excluding carboxylic acids is 2. The number of anilines is 1. The van der Waals surface area contributed by atoms with E-state index < -0.39 is 0 Å². The Hall–Kier alpha value is -2.37. The molecule has 2 rings (SSSR count). The molecule has 0 unspecified atom stereocenters. The highest BCUT2D eigenvalue weighted by atomic mass is 35.5. The average Bonchev–Trinajstić information content (AvgIpc) is 2.61. The highest BCUT2D eigenvalue weighted by molar-refractivity contribution is 6.31. The zero-order valence-electron chi connectivity index (χ0n) is 14.3. The van der Waals surface area contributed by atoms with E-state index in [4.69, 9.17) is 16.3 Å². The molecule has 25 heavy (non-hydrogen) atoms. The van der Waals surface area contributed by atoms with E-state index in [2.05, 4.69) is 5.32 Å². The Labute approximate surface area is 152 Å². The molecule has 0 fully saturated rings. The van der Waals surface area contributed by atoms with Crippen molar-refractivity contribution in [1.29, 1.82) is 0 Å². The standard InChI is InChI=1S/C19H21ClN2O3/c1-3-25-19(24)14-8-10-15(11-9-14)22-18(23)12-21-13(2)16-6-4-5-7-17(16)20/h4-11,13,21H,3,12H2,1-2H3,(H,22,23)/p+1/t13-/m0/s1. The van der Waals surface area contributed by atoms with E-state index in [1.54, 1.807) is 31.2 Å². The SMILES string of the molecule is CCOC(=O)c1ccc(NC(=O)C[NH2+][C@@H](C)c2ccccc2Cl)cc1. The number of benzene rings is 2. The first-order chi connectivity index (χ1) is 12.0. The molecule has 0 bridgehead atoms. The first-order valence-electron chi connectivity index (χ1n) is 8.16. The number of halogens is 1. The van der Waals surface area contributed by atoms with E-state index in [9.17, 15) is 9.59 Å². The summed E-state index contributed by atoms with van der Waals surface area (Å²) in [6, 6.07) is 14.3. The predicted molar refractivity (Wildman–Crippen MR) is 97.7 cm³/mol. The van der Waals surface area contributed by atoms with Gasteiger partial charge in [-0.05, 0) is 44.2 Å². The molecule has 6 heteroatoms. The highest BCUT2D eigenvalue weighted by Gasteiger charge is 2.14. The van der Waals surface area contributed by atoms with Gasteiger partial charge in [-0.25, -0.2) is 4.79 Å². The topological polar surface area (TPSA) is 72.0 Å². The van der Waals surface area contributed by atoms with Crippen LogP contribution in [0.2, 0.25) is 5.02 Å². The number of nitrogens with two attached hydrogens (primary N) is 1. The van der Waals surface area contributed by atoms with Crippen LogP contribution in [0.1, 0.15) is 35.8 Å². The van der Waals surface area contributed by atoms with Crippen molar-refractivity contribution in [2.24, 2.45) is 0 Å². The van der Waals surface area contributed by atoms with Crippen LogP contribution < -0.4 is 10.6 Å². The first-order valence-corrected chi connectivity index (χ1v) is 8.53. The van der Waals surface area contributed by atoms with Crippen LogP contribution in [-0.2, 0) is 9.53 Å². The van der Waals surface area contributed by atoms with Crippen LogP contribution in [-0.4, -0.2) is 25.0 Å². The summed E-state index contributed by atoms with van der Waals surface area (Å²) in [7, 11) is 0. The van der Waals surface area contributed by atoms with Gasteiger partial charge in [0.2, 0.25) is 0 Å². The summed E-state index contributed by atoms with van der Waals surface area (Å²) in [5.41, 5.74) is 2.09. The van der Waals surface area contributed by atoms with Gasteiger partial charge in [-0.1, -0.05) is 29.8 Å². The molecule has 0 heterocycles. The number of ether oxygens (including phenoxy) is 1. The van der Waals surface area contributed by atoms with Crippen molar-refractivity contribution in [3.63, 3.8) is 0 Å². The van der Waals surface area contributed by atoms with Crippen molar-refractivity contribution < 1.29 is 19.6 Å². The minimum absolute atomic E-state index is 0.0747. The second kappa shape index (κ2) is 9.20. The molecule has 0 aliphatic heterocycles. The fourth-order valence-corrected chi connectivity index (χ4v) is 2.68. The third kappa shape index (κ3) is 5.59. The summed E-state index contributed by atoms with van der Waals surface area (Å²) in [6.45, 7) is 4.36. The maximum absolute atomic E-state index is 12.1. The number of rotatable bonds is 7.